The van der Waals surface area contributed by atoms with Crippen LogP contribution >= 0.6 is 0 Å². The van der Waals surface area contributed by atoms with Crippen LogP contribution in [0.5, 0.6) is 11.5 Å². The topological polar surface area (TPSA) is 84.9 Å². The molecule has 148 valence electrons. The lowest BCUT2D eigenvalue weighted by Gasteiger charge is -2.26. The van der Waals surface area contributed by atoms with Gasteiger partial charge in [-0.25, -0.2) is 0 Å². The number of amides is 1. The Morgan fingerprint density at radius 2 is 1.86 bits per heavy atom. The van der Waals surface area contributed by atoms with E-state index in [1.807, 2.05) is 6.07 Å². The first-order valence-corrected chi connectivity index (χ1v) is 8.80. The summed E-state index contributed by atoms with van der Waals surface area (Å²) in [6.07, 6.45) is 2.20. The molecule has 2 rings (SSSR count). The Morgan fingerprint density at radius 3 is 2.39 bits per heavy atom. The van der Waals surface area contributed by atoms with Crippen LogP contribution in [-0.4, -0.2) is 37.7 Å². The Hall–Kier alpha value is -3.28. The van der Waals surface area contributed by atoms with Crippen molar-refractivity contribution in [3.05, 3.63) is 71.8 Å². The van der Waals surface area contributed by atoms with E-state index >= 15 is 0 Å². The quantitative estimate of drug-likeness (QED) is 0.650. The molecule has 0 aliphatic carbocycles. The van der Waals surface area contributed by atoms with E-state index in [4.69, 9.17) is 9.47 Å². The van der Waals surface area contributed by atoms with Crippen LogP contribution in [0.1, 0.15) is 28.4 Å². The Morgan fingerprint density at radius 1 is 1.18 bits per heavy atom. The number of aliphatic carboxylic acids is 1. The van der Waals surface area contributed by atoms with E-state index in [0.717, 1.165) is 5.56 Å². The number of hydrogen-bond donors (Lipinski definition) is 2. The number of carbonyl (C=O) groups is 2. The zero-order valence-corrected chi connectivity index (χ0v) is 16.3. The number of allylic oxidation sites excluding steroid dienone is 1. The zero-order chi connectivity index (χ0) is 20.7. The molecule has 0 fully saturated rings. The molecule has 2 aromatic carbocycles. The predicted octanol–water partition coefficient (Wildman–Crippen LogP) is 3.20. The summed E-state index contributed by atoms with van der Waals surface area (Å²) in [7, 11) is 3.02. The van der Waals surface area contributed by atoms with Crippen molar-refractivity contribution in [3.8, 4) is 11.5 Å². The van der Waals surface area contributed by atoms with Gasteiger partial charge in [0.1, 0.15) is 5.41 Å². The molecule has 0 aliphatic rings. The summed E-state index contributed by atoms with van der Waals surface area (Å²) in [5.41, 5.74) is 0.473. The van der Waals surface area contributed by atoms with Gasteiger partial charge < -0.3 is 19.9 Å². The summed E-state index contributed by atoms with van der Waals surface area (Å²) in [5, 5.41) is 12.5. The number of ether oxygens (including phenoxy) is 2. The second-order valence-electron chi connectivity index (χ2n) is 6.55. The van der Waals surface area contributed by atoms with Crippen molar-refractivity contribution < 1.29 is 24.2 Å². The van der Waals surface area contributed by atoms with Gasteiger partial charge in [0.05, 0.1) is 14.2 Å². The number of rotatable bonds is 9. The van der Waals surface area contributed by atoms with E-state index in [9.17, 15) is 14.7 Å². The third-order valence-electron chi connectivity index (χ3n) is 4.67. The summed E-state index contributed by atoms with van der Waals surface area (Å²) >= 11 is 0. The number of benzene rings is 2. The summed E-state index contributed by atoms with van der Waals surface area (Å²) in [6.45, 7) is 5.25. The number of carbonyl (C=O) groups excluding carboxylic acids is 1. The van der Waals surface area contributed by atoms with E-state index in [1.54, 1.807) is 49.4 Å². The minimum Gasteiger partial charge on any atom is -0.493 e. The molecule has 28 heavy (non-hydrogen) atoms. The van der Waals surface area contributed by atoms with Gasteiger partial charge in [0.2, 0.25) is 0 Å². The maximum absolute atomic E-state index is 12.7. The van der Waals surface area contributed by atoms with Crippen LogP contribution in [0.3, 0.4) is 0 Å². The van der Waals surface area contributed by atoms with E-state index in [0.29, 0.717) is 29.0 Å². The number of carboxylic acid groups (broad SMARTS) is 1. The molecule has 0 radical (unpaired) electrons. The molecule has 0 saturated carbocycles. The van der Waals surface area contributed by atoms with Gasteiger partial charge in [-0.2, -0.15) is 0 Å². The standard InChI is InChI=1S/C22H25NO5/c1-5-9-15-12-16(13-18(27-3)19(15)28-4)20(24)23-14-22(2,21(25)26)17-10-7-6-8-11-17/h5-8,10-13H,1,9,14H2,2-4H3,(H,23,24)(H,25,26). The molecule has 1 unspecified atom stereocenters. The van der Waals surface area contributed by atoms with Crippen molar-refractivity contribution in [2.45, 2.75) is 18.8 Å². The molecule has 1 amide bonds. The van der Waals surface area contributed by atoms with Gasteiger partial charge >= 0.3 is 5.97 Å². The van der Waals surface area contributed by atoms with Crippen molar-refractivity contribution >= 4 is 11.9 Å². The fraction of sp³-hybridized carbons (Fsp3) is 0.273. The number of methoxy groups -OCH3 is 2. The normalized spacial score (nSPS) is 12.5. The Kier molecular flexibility index (Phi) is 6.82. The van der Waals surface area contributed by atoms with Crippen molar-refractivity contribution in [3.63, 3.8) is 0 Å². The van der Waals surface area contributed by atoms with Gasteiger partial charge in [-0.1, -0.05) is 36.4 Å². The van der Waals surface area contributed by atoms with Gasteiger partial charge in [0.25, 0.3) is 5.91 Å². The third kappa shape index (κ3) is 4.34. The van der Waals surface area contributed by atoms with Crippen molar-refractivity contribution in [2.75, 3.05) is 20.8 Å². The lowest BCUT2D eigenvalue weighted by Crippen LogP contribution is -2.44. The Bertz CT molecular complexity index is 863. The van der Waals surface area contributed by atoms with Crippen molar-refractivity contribution in [1.82, 2.24) is 5.32 Å². The fourth-order valence-electron chi connectivity index (χ4n) is 2.95. The van der Waals surface area contributed by atoms with Crippen LogP contribution < -0.4 is 14.8 Å². The summed E-state index contributed by atoms with van der Waals surface area (Å²) < 4.78 is 10.7. The van der Waals surface area contributed by atoms with Gasteiger partial charge in [0.15, 0.2) is 11.5 Å². The molecule has 6 heteroatoms. The first kappa shape index (κ1) is 21.0. The first-order valence-electron chi connectivity index (χ1n) is 8.80. The van der Waals surface area contributed by atoms with Crippen LogP contribution in [0.2, 0.25) is 0 Å². The van der Waals surface area contributed by atoms with Crippen LogP contribution in [0, 0.1) is 0 Å². The van der Waals surface area contributed by atoms with E-state index in [2.05, 4.69) is 11.9 Å². The number of nitrogens with one attached hydrogen (secondary N) is 1. The van der Waals surface area contributed by atoms with Crippen LogP contribution in [0.25, 0.3) is 0 Å². The molecular weight excluding hydrogens is 358 g/mol. The Labute approximate surface area is 164 Å². The van der Waals surface area contributed by atoms with Crippen molar-refractivity contribution in [1.29, 1.82) is 0 Å². The molecule has 0 aliphatic heterocycles. The highest BCUT2D eigenvalue weighted by Gasteiger charge is 2.35. The lowest BCUT2D eigenvalue weighted by atomic mass is 9.82. The SMILES string of the molecule is C=CCc1cc(C(=O)NCC(C)(C(=O)O)c2ccccc2)cc(OC)c1OC. The highest BCUT2D eigenvalue weighted by Crippen LogP contribution is 2.33. The summed E-state index contributed by atoms with van der Waals surface area (Å²) in [4.78, 5) is 24.6. The van der Waals surface area contributed by atoms with Crippen molar-refractivity contribution in [2.24, 2.45) is 0 Å². The maximum Gasteiger partial charge on any atom is 0.315 e. The molecule has 0 aromatic heterocycles. The molecule has 2 N–H and O–H groups in total. The van der Waals surface area contributed by atoms with Crippen LogP contribution in [0.4, 0.5) is 0 Å². The third-order valence-corrected chi connectivity index (χ3v) is 4.67. The smallest absolute Gasteiger partial charge is 0.315 e. The second-order valence-corrected chi connectivity index (χ2v) is 6.55. The predicted molar refractivity (Wildman–Crippen MR) is 107 cm³/mol. The second kappa shape index (κ2) is 9.08. The van der Waals surface area contributed by atoms with Gasteiger partial charge in [-0.15, -0.1) is 6.58 Å². The zero-order valence-electron chi connectivity index (χ0n) is 16.3. The van der Waals surface area contributed by atoms with Crippen LogP contribution in [0.15, 0.2) is 55.1 Å². The van der Waals surface area contributed by atoms with E-state index in [1.165, 1.54) is 14.2 Å². The lowest BCUT2D eigenvalue weighted by molar-refractivity contribution is -0.142. The summed E-state index contributed by atoms with van der Waals surface area (Å²) in [6, 6.07) is 12.1. The molecule has 1 atom stereocenters. The van der Waals surface area contributed by atoms with E-state index in [-0.39, 0.29) is 6.54 Å². The highest BCUT2D eigenvalue weighted by molar-refractivity contribution is 5.96. The number of carboxylic acids is 1. The Balaban J connectivity index is 2.30. The average molecular weight is 383 g/mol. The average Bonchev–Trinajstić information content (AvgIpc) is 2.71. The minimum absolute atomic E-state index is 0.0592. The number of hydrogen-bond acceptors (Lipinski definition) is 4. The molecule has 0 heterocycles. The maximum atomic E-state index is 12.7. The van der Waals surface area contributed by atoms with Gasteiger partial charge in [-0.05, 0) is 31.0 Å². The van der Waals surface area contributed by atoms with Gasteiger partial charge in [-0.3, -0.25) is 9.59 Å². The highest BCUT2D eigenvalue weighted by atomic mass is 16.5. The van der Waals surface area contributed by atoms with E-state index < -0.39 is 17.3 Å². The van der Waals surface area contributed by atoms with Gasteiger partial charge in [0, 0.05) is 17.7 Å². The monoisotopic (exact) mass is 383 g/mol. The summed E-state index contributed by atoms with van der Waals surface area (Å²) in [5.74, 6) is -0.442. The largest absolute Gasteiger partial charge is 0.493 e. The molecule has 0 saturated heterocycles. The minimum atomic E-state index is -1.25. The molecule has 6 nitrogen and oxygen atoms in total. The van der Waals surface area contributed by atoms with Crippen LogP contribution in [-0.2, 0) is 16.6 Å². The first-order chi connectivity index (χ1) is 13.4. The molecule has 0 bridgehead atoms. The molecular formula is C22H25NO5. The fourth-order valence-corrected chi connectivity index (χ4v) is 2.95. The molecule has 0 spiro atoms. The molecule has 2 aromatic rings.